The summed E-state index contributed by atoms with van der Waals surface area (Å²) in [5.74, 6) is 1.99. The molecule has 20 heavy (non-hydrogen) atoms. The first-order chi connectivity index (χ1) is 9.72. The highest BCUT2D eigenvalue weighted by Gasteiger charge is 2.12. The smallest absolute Gasteiger partial charge is 0.122 e. The van der Waals surface area contributed by atoms with Crippen LogP contribution in [0.5, 0.6) is 5.75 Å². The predicted octanol–water partition coefficient (Wildman–Crippen LogP) is 5.10. The topological polar surface area (TPSA) is 9.23 Å². The van der Waals surface area contributed by atoms with Crippen molar-refractivity contribution in [3.05, 3.63) is 64.1 Å². The average molecular weight is 354 g/mol. The summed E-state index contributed by atoms with van der Waals surface area (Å²) in [6.07, 6.45) is 1.90. The van der Waals surface area contributed by atoms with Crippen molar-refractivity contribution >= 4 is 27.5 Å². The van der Waals surface area contributed by atoms with Crippen LogP contribution < -0.4 is 4.74 Å². The van der Waals surface area contributed by atoms with E-state index >= 15 is 0 Å². The minimum absolute atomic E-state index is 0.405. The highest BCUT2D eigenvalue weighted by molar-refractivity contribution is 9.10. The molecule has 0 spiro atoms. The molecule has 0 N–H and O–H groups in total. The van der Waals surface area contributed by atoms with Crippen LogP contribution in [0.25, 0.3) is 0 Å². The fraction of sp³-hybridized carbons (Fsp3) is 0.294. The molecule has 0 amide bonds. The van der Waals surface area contributed by atoms with Gasteiger partial charge in [-0.15, -0.1) is 11.6 Å². The van der Waals surface area contributed by atoms with Gasteiger partial charge in [0.15, 0.2) is 0 Å². The van der Waals surface area contributed by atoms with Gasteiger partial charge in [-0.2, -0.15) is 0 Å². The minimum atomic E-state index is 0.405. The Morgan fingerprint density at radius 2 is 1.90 bits per heavy atom. The molecule has 0 radical (unpaired) electrons. The number of halogens is 2. The summed E-state index contributed by atoms with van der Waals surface area (Å²) in [6, 6.07) is 16.6. The molecule has 1 nitrogen and oxygen atoms in total. The second-order valence-electron chi connectivity index (χ2n) is 4.87. The van der Waals surface area contributed by atoms with Gasteiger partial charge < -0.3 is 4.74 Å². The van der Waals surface area contributed by atoms with Crippen molar-refractivity contribution in [3.63, 3.8) is 0 Å². The summed E-state index contributed by atoms with van der Waals surface area (Å²) in [6.45, 7) is 0. The van der Waals surface area contributed by atoms with Gasteiger partial charge in [-0.3, -0.25) is 0 Å². The van der Waals surface area contributed by atoms with E-state index in [-0.39, 0.29) is 0 Å². The molecule has 0 saturated heterocycles. The zero-order chi connectivity index (χ0) is 14.4. The molecule has 0 aliphatic rings. The van der Waals surface area contributed by atoms with Crippen molar-refractivity contribution in [1.82, 2.24) is 0 Å². The van der Waals surface area contributed by atoms with Gasteiger partial charge in [-0.05, 0) is 48.1 Å². The van der Waals surface area contributed by atoms with Crippen molar-refractivity contribution < 1.29 is 4.74 Å². The number of benzene rings is 2. The van der Waals surface area contributed by atoms with Gasteiger partial charge in [0, 0.05) is 10.4 Å². The number of hydrogen-bond donors (Lipinski definition) is 0. The number of hydrogen-bond acceptors (Lipinski definition) is 1. The van der Waals surface area contributed by atoms with Crippen LogP contribution in [0, 0.1) is 5.92 Å². The Morgan fingerprint density at radius 1 is 1.10 bits per heavy atom. The van der Waals surface area contributed by atoms with Crippen LogP contribution in [-0.4, -0.2) is 13.0 Å². The lowest BCUT2D eigenvalue weighted by molar-refractivity contribution is 0.405. The molecule has 0 aliphatic heterocycles. The summed E-state index contributed by atoms with van der Waals surface area (Å²) in [4.78, 5) is 0. The molecule has 106 valence electrons. The lowest BCUT2D eigenvalue weighted by atomic mass is 9.93. The van der Waals surface area contributed by atoms with E-state index in [9.17, 15) is 0 Å². The lowest BCUT2D eigenvalue weighted by Gasteiger charge is -2.16. The number of ether oxygens (including phenoxy) is 1. The maximum atomic E-state index is 6.15. The second-order valence-corrected chi connectivity index (χ2v) is 6.09. The fourth-order valence-electron chi connectivity index (χ4n) is 2.36. The third kappa shape index (κ3) is 4.26. The molecular weight excluding hydrogens is 336 g/mol. The molecular formula is C17H18BrClO. The van der Waals surface area contributed by atoms with Gasteiger partial charge in [-0.25, -0.2) is 0 Å². The lowest BCUT2D eigenvalue weighted by Crippen LogP contribution is -2.11. The van der Waals surface area contributed by atoms with Crippen LogP contribution >= 0.6 is 27.5 Å². The van der Waals surface area contributed by atoms with Gasteiger partial charge in [0.2, 0.25) is 0 Å². The Balaban J connectivity index is 2.09. The fourth-order valence-corrected chi connectivity index (χ4v) is 3.03. The van der Waals surface area contributed by atoms with Crippen LogP contribution in [0.15, 0.2) is 53.0 Å². The van der Waals surface area contributed by atoms with Gasteiger partial charge in [0.05, 0.1) is 7.11 Å². The molecule has 2 aromatic carbocycles. The highest BCUT2D eigenvalue weighted by Crippen LogP contribution is 2.24. The van der Waals surface area contributed by atoms with E-state index in [0.29, 0.717) is 11.8 Å². The maximum absolute atomic E-state index is 6.15. The van der Waals surface area contributed by atoms with Gasteiger partial charge >= 0.3 is 0 Å². The molecule has 0 aliphatic carbocycles. The van der Waals surface area contributed by atoms with Crippen LogP contribution in [0.4, 0.5) is 0 Å². The number of rotatable bonds is 6. The normalized spacial score (nSPS) is 12.2. The van der Waals surface area contributed by atoms with Gasteiger partial charge in [-0.1, -0.05) is 46.3 Å². The molecule has 2 rings (SSSR count). The minimum Gasteiger partial charge on any atom is -0.496 e. The first-order valence-electron chi connectivity index (χ1n) is 6.65. The van der Waals surface area contributed by atoms with Gasteiger partial charge in [0.1, 0.15) is 5.75 Å². The number of alkyl halides is 1. The van der Waals surface area contributed by atoms with Gasteiger partial charge in [0.25, 0.3) is 0 Å². The van der Waals surface area contributed by atoms with E-state index in [2.05, 4.69) is 40.2 Å². The van der Waals surface area contributed by atoms with E-state index in [1.807, 2.05) is 24.3 Å². The molecule has 0 saturated carbocycles. The van der Waals surface area contributed by atoms with Crippen LogP contribution in [0.1, 0.15) is 11.1 Å². The van der Waals surface area contributed by atoms with E-state index < -0.39 is 0 Å². The summed E-state index contributed by atoms with van der Waals surface area (Å²) in [5, 5.41) is 0. The third-order valence-electron chi connectivity index (χ3n) is 3.33. The van der Waals surface area contributed by atoms with E-state index in [0.717, 1.165) is 23.1 Å². The van der Waals surface area contributed by atoms with E-state index in [1.165, 1.54) is 11.1 Å². The van der Waals surface area contributed by atoms with Crippen molar-refractivity contribution in [2.45, 2.75) is 12.8 Å². The van der Waals surface area contributed by atoms with Crippen molar-refractivity contribution in [2.75, 3.05) is 13.0 Å². The molecule has 1 unspecified atom stereocenters. The monoisotopic (exact) mass is 352 g/mol. The standard InChI is InChI=1S/C17H18BrClO/c1-20-17-8-3-2-6-15(17)10-14(12-19)9-13-5-4-7-16(18)11-13/h2-8,11,14H,9-10,12H2,1H3. The predicted molar refractivity (Wildman–Crippen MR) is 88.8 cm³/mol. The second kappa shape index (κ2) is 7.70. The Labute approximate surface area is 134 Å². The van der Waals surface area contributed by atoms with Crippen LogP contribution in [-0.2, 0) is 12.8 Å². The van der Waals surface area contributed by atoms with E-state index in [4.69, 9.17) is 16.3 Å². The third-order valence-corrected chi connectivity index (χ3v) is 4.26. The quantitative estimate of drug-likeness (QED) is 0.657. The number of para-hydroxylation sites is 1. The maximum Gasteiger partial charge on any atom is 0.122 e. The Morgan fingerprint density at radius 3 is 2.60 bits per heavy atom. The highest BCUT2D eigenvalue weighted by atomic mass is 79.9. The largest absolute Gasteiger partial charge is 0.496 e. The molecule has 1 atom stereocenters. The molecule has 3 heteroatoms. The Kier molecular flexibility index (Phi) is 5.93. The average Bonchev–Trinajstić information content (AvgIpc) is 2.47. The summed E-state index contributed by atoms with van der Waals surface area (Å²) in [5.41, 5.74) is 2.52. The zero-order valence-electron chi connectivity index (χ0n) is 11.5. The van der Waals surface area contributed by atoms with E-state index in [1.54, 1.807) is 7.11 Å². The number of methoxy groups -OCH3 is 1. The SMILES string of the molecule is COc1ccccc1CC(CCl)Cc1cccc(Br)c1. The Hall–Kier alpha value is -0.990. The summed E-state index contributed by atoms with van der Waals surface area (Å²) in [7, 11) is 1.71. The zero-order valence-corrected chi connectivity index (χ0v) is 13.8. The molecule has 0 bridgehead atoms. The molecule has 0 fully saturated rings. The first kappa shape index (κ1) is 15.4. The van der Waals surface area contributed by atoms with Crippen molar-refractivity contribution in [3.8, 4) is 5.75 Å². The van der Waals surface area contributed by atoms with Crippen molar-refractivity contribution in [2.24, 2.45) is 5.92 Å². The summed E-state index contributed by atoms with van der Waals surface area (Å²) < 4.78 is 6.52. The Bertz CT molecular complexity index is 556. The van der Waals surface area contributed by atoms with Crippen molar-refractivity contribution in [1.29, 1.82) is 0 Å². The molecule has 2 aromatic rings. The van der Waals surface area contributed by atoms with Crippen LogP contribution in [0.2, 0.25) is 0 Å². The first-order valence-corrected chi connectivity index (χ1v) is 7.98. The van der Waals surface area contributed by atoms with Crippen LogP contribution in [0.3, 0.4) is 0 Å². The summed E-state index contributed by atoms with van der Waals surface area (Å²) >= 11 is 9.66. The molecule has 0 heterocycles. The molecule has 0 aromatic heterocycles.